The first kappa shape index (κ1) is 30.5. The number of rotatable bonds is 6. The average Bonchev–Trinajstić information content (AvgIpc) is 2.92. The standard InChI is InChI=1S/C20H32NP.C7H3FNOS.Au.ClH/c1-21(2)19-15-9-10-16-20(19)22(17-11-5-3-6-12-17)18-13-7-4-8-14-18;8-11-10-7-4-2-1-3-6(7)5-9;;/h9-10,15-18H,3-8,11-14H2,1-2H3;2-4H;;1H/q;-1;+1;. The van der Waals surface area contributed by atoms with Crippen molar-refractivity contribution in [3.8, 4) is 11.8 Å². The van der Waals surface area contributed by atoms with Gasteiger partial charge in [-0.25, -0.2) is 5.26 Å². The van der Waals surface area contributed by atoms with Crippen LogP contribution in [-0.4, -0.2) is 25.4 Å². The third-order valence-electron chi connectivity index (χ3n) is 6.85. The average molecular weight is 719 g/mol. The summed E-state index contributed by atoms with van der Waals surface area (Å²) < 4.78 is 16.0. The Hall–Kier alpha value is -0.730. The molecular formula is C27H36AuClFN2OPS. The molecule has 0 radical (unpaired) electrons. The SMILES string of the molecule is CN(C)c1ccccc1[PH+](C1CCCCC1)C1CCCCC1.N#Cc1c[c-]ccc1OSF.[Cl][Au]. The van der Waals surface area contributed by atoms with Crippen LogP contribution in [0.4, 0.5) is 9.57 Å². The number of nitrogens with zero attached hydrogens (tertiary/aromatic N) is 2. The molecule has 0 atom stereocenters. The van der Waals surface area contributed by atoms with Gasteiger partial charge in [-0.15, -0.1) is 9.95 Å². The van der Waals surface area contributed by atoms with E-state index in [9.17, 15) is 3.89 Å². The number of anilines is 1. The van der Waals surface area contributed by atoms with Gasteiger partial charge in [-0.2, -0.15) is 18.2 Å². The molecule has 2 aliphatic carbocycles. The van der Waals surface area contributed by atoms with Crippen molar-refractivity contribution in [3.63, 3.8) is 0 Å². The molecule has 8 heteroatoms. The molecule has 0 aromatic heterocycles. The third kappa shape index (κ3) is 9.58. The summed E-state index contributed by atoms with van der Waals surface area (Å²) in [6, 6.07) is 18.3. The second-order valence-corrected chi connectivity index (χ2v) is 12.6. The molecular weight excluding hydrogens is 683 g/mol. The van der Waals surface area contributed by atoms with E-state index >= 15 is 0 Å². The molecule has 0 unspecified atom stereocenters. The van der Waals surface area contributed by atoms with Crippen molar-refractivity contribution in [3.05, 3.63) is 54.1 Å². The molecule has 35 heavy (non-hydrogen) atoms. The molecule has 4 rings (SSSR count). The van der Waals surface area contributed by atoms with E-state index in [0.29, 0.717) is 0 Å². The van der Waals surface area contributed by atoms with Crippen LogP contribution in [-0.2, 0) is 20.0 Å². The van der Waals surface area contributed by atoms with Crippen molar-refractivity contribution < 1.29 is 28.1 Å². The maximum atomic E-state index is 11.6. The molecule has 3 nitrogen and oxygen atoms in total. The molecule has 0 N–H and O–H groups in total. The summed E-state index contributed by atoms with van der Waals surface area (Å²) in [6.07, 6.45) is 14.9. The Kier molecular flexibility index (Phi) is 15.4. The Morgan fingerprint density at radius 3 is 2.11 bits per heavy atom. The quantitative estimate of drug-likeness (QED) is 0.131. The van der Waals surface area contributed by atoms with Crippen LogP contribution in [0.2, 0.25) is 0 Å². The molecule has 0 amide bonds. The molecule has 0 spiro atoms. The minimum atomic E-state index is -0.439. The predicted molar refractivity (Wildman–Crippen MR) is 148 cm³/mol. The number of halogens is 2. The van der Waals surface area contributed by atoms with Gasteiger partial charge in [-0.05, 0) is 69.1 Å². The summed E-state index contributed by atoms with van der Waals surface area (Å²) in [6.45, 7) is 0. The first-order valence-electron chi connectivity index (χ1n) is 12.3. The number of hydrogen-bond acceptors (Lipinski definition) is 4. The van der Waals surface area contributed by atoms with Crippen molar-refractivity contribution >= 4 is 40.5 Å². The van der Waals surface area contributed by atoms with Gasteiger partial charge in [0.15, 0.2) is 0 Å². The zero-order valence-electron chi connectivity index (χ0n) is 20.5. The molecule has 2 aromatic carbocycles. The van der Waals surface area contributed by atoms with Gasteiger partial charge in [0.05, 0.1) is 22.8 Å². The van der Waals surface area contributed by atoms with E-state index in [1.807, 2.05) is 6.07 Å². The Morgan fingerprint density at radius 1 is 1.03 bits per heavy atom. The first-order valence-corrected chi connectivity index (χ1v) is 17.2. The van der Waals surface area contributed by atoms with Crippen LogP contribution in [0.1, 0.15) is 69.8 Å². The Labute approximate surface area is 233 Å². The molecule has 0 heterocycles. The van der Waals surface area contributed by atoms with E-state index in [2.05, 4.69) is 62.7 Å². The third-order valence-corrected chi connectivity index (χ3v) is 11.1. The monoisotopic (exact) mass is 718 g/mol. The van der Waals surface area contributed by atoms with Crippen LogP contribution in [0.3, 0.4) is 0 Å². The summed E-state index contributed by atoms with van der Waals surface area (Å²) in [5, 5.41) is 10.2. The van der Waals surface area contributed by atoms with Crippen molar-refractivity contribution in [2.75, 3.05) is 19.0 Å². The predicted octanol–water partition coefficient (Wildman–Crippen LogP) is 8.21. The number of nitriles is 1. The number of para-hydroxylation sites is 1. The van der Waals surface area contributed by atoms with Gasteiger partial charge in [0, 0.05) is 28.1 Å². The molecule has 0 aliphatic heterocycles. The summed E-state index contributed by atoms with van der Waals surface area (Å²) in [7, 11) is 8.59. The Balaban J connectivity index is 0.000000280. The molecule has 2 fully saturated rings. The fraction of sp³-hybridized carbons (Fsp3) is 0.519. The van der Waals surface area contributed by atoms with Gasteiger partial charge in [-0.1, -0.05) is 25.0 Å². The van der Waals surface area contributed by atoms with Gasteiger partial charge < -0.3 is 9.08 Å². The van der Waals surface area contributed by atoms with Crippen molar-refractivity contribution in [1.82, 2.24) is 0 Å². The first-order chi connectivity index (χ1) is 17.2. The topological polar surface area (TPSA) is 36.3 Å². The van der Waals surface area contributed by atoms with E-state index in [-0.39, 0.29) is 23.7 Å². The second kappa shape index (κ2) is 17.7. The van der Waals surface area contributed by atoms with Crippen LogP contribution in [0.15, 0.2) is 42.5 Å². The van der Waals surface area contributed by atoms with Crippen LogP contribution < -0.4 is 14.4 Å². The van der Waals surface area contributed by atoms with Gasteiger partial charge >= 0.3 is 29.2 Å². The van der Waals surface area contributed by atoms with Gasteiger partial charge in [0.25, 0.3) is 12.4 Å². The van der Waals surface area contributed by atoms with Crippen LogP contribution in [0.25, 0.3) is 0 Å². The Bertz CT molecular complexity index is 887. The van der Waals surface area contributed by atoms with E-state index in [1.165, 1.54) is 82.0 Å². The van der Waals surface area contributed by atoms with Crippen molar-refractivity contribution in [1.29, 1.82) is 5.26 Å². The molecule has 0 saturated heterocycles. The summed E-state index contributed by atoms with van der Waals surface area (Å²) in [5.41, 5.74) is 3.84. The molecule has 2 saturated carbocycles. The maximum absolute atomic E-state index is 11.6. The fourth-order valence-corrected chi connectivity index (χ4v) is 10.0. The Morgan fingerprint density at radius 2 is 1.60 bits per heavy atom. The van der Waals surface area contributed by atoms with Crippen LogP contribution in [0.5, 0.6) is 5.75 Å². The summed E-state index contributed by atoms with van der Waals surface area (Å²) >= 11 is 1.47. The number of hydrogen-bond donors (Lipinski definition) is 0. The fourth-order valence-electron chi connectivity index (χ4n) is 5.32. The molecule has 2 aliphatic rings. The number of benzene rings is 2. The van der Waals surface area contributed by atoms with Gasteiger partial charge in [-0.3, -0.25) is 0 Å². The molecule has 2 aromatic rings. The molecule has 0 bridgehead atoms. The van der Waals surface area contributed by atoms with Crippen molar-refractivity contribution in [2.45, 2.75) is 75.5 Å². The zero-order chi connectivity index (χ0) is 25.5. The van der Waals surface area contributed by atoms with Gasteiger partial charge in [0.1, 0.15) is 5.30 Å². The summed E-state index contributed by atoms with van der Waals surface area (Å²) in [5.74, 6) is 0.221. The van der Waals surface area contributed by atoms with Crippen LogP contribution >= 0.6 is 29.5 Å². The van der Waals surface area contributed by atoms with Crippen molar-refractivity contribution in [2.24, 2.45) is 0 Å². The van der Waals surface area contributed by atoms with E-state index in [4.69, 9.17) is 5.26 Å². The normalized spacial score (nSPS) is 16.3. The second-order valence-electron chi connectivity index (χ2n) is 9.22. The summed E-state index contributed by atoms with van der Waals surface area (Å²) in [4.78, 5) is 2.35. The van der Waals surface area contributed by atoms with E-state index in [1.54, 1.807) is 31.4 Å². The van der Waals surface area contributed by atoms with Crippen LogP contribution in [0, 0.1) is 17.4 Å². The van der Waals surface area contributed by atoms with E-state index < -0.39 is 7.92 Å². The zero-order valence-corrected chi connectivity index (χ0v) is 25.3. The minimum absolute atomic E-state index is 0.221. The molecule has 196 valence electrons. The van der Waals surface area contributed by atoms with E-state index in [0.717, 1.165) is 11.3 Å². The van der Waals surface area contributed by atoms with Gasteiger partial charge in [0.2, 0.25) is 0 Å².